The van der Waals surface area contributed by atoms with E-state index in [9.17, 15) is 38.7 Å². The number of aliphatic hydroxyl groups excluding tert-OH is 1. The van der Waals surface area contributed by atoms with Crippen LogP contribution >= 0.6 is 0 Å². The van der Waals surface area contributed by atoms with Crippen molar-refractivity contribution in [3.05, 3.63) is 29.8 Å². The van der Waals surface area contributed by atoms with Gasteiger partial charge in [0.1, 0.15) is 29.9 Å². The molecule has 17 nitrogen and oxygen atoms in total. The average Bonchev–Trinajstić information content (AvgIpc) is 2.96. The topological polar surface area (TPSA) is 279 Å². The Labute approximate surface area is 253 Å². The molecule has 0 aliphatic heterocycles. The monoisotopic (exact) mass is 624 g/mol. The standard InChI is InChI=1S/C27H40N6O11/c1-13(27(42)44-4)30-26(41)22(14(2)34)33-25(40)19(11-15-5-7-16(43-3)8-6-15)32-24(39)18(9-10-21(36)37)31-23(38)17(28)12-20(29)35/h5-8,13-14,17-19,22,34H,9-12,28H2,1-4H3,(H2,29,35)(H,30,41)(H,31,38)(H,32,39)(H,33,40)(H,36,37)/t13-,14+,17-,18-,19-,22-/m0/s1. The highest BCUT2D eigenvalue weighted by Crippen LogP contribution is 2.14. The van der Waals surface area contributed by atoms with Crippen molar-refractivity contribution in [3.63, 3.8) is 0 Å². The molecule has 5 amide bonds. The third-order valence-electron chi connectivity index (χ3n) is 6.25. The number of carboxylic acid groups (broad SMARTS) is 1. The molecule has 10 N–H and O–H groups in total. The zero-order chi connectivity index (χ0) is 33.6. The summed E-state index contributed by atoms with van der Waals surface area (Å²) in [6, 6.07) is -0.622. The summed E-state index contributed by atoms with van der Waals surface area (Å²) in [5.74, 6) is -6.22. The molecular weight excluding hydrogens is 584 g/mol. The fraction of sp³-hybridized carbons (Fsp3) is 0.519. The van der Waals surface area contributed by atoms with Gasteiger partial charge >= 0.3 is 11.9 Å². The summed E-state index contributed by atoms with van der Waals surface area (Å²) in [5, 5.41) is 28.7. The van der Waals surface area contributed by atoms with E-state index in [1.54, 1.807) is 24.3 Å². The summed E-state index contributed by atoms with van der Waals surface area (Å²) in [5.41, 5.74) is 11.2. The molecule has 0 fully saturated rings. The fourth-order valence-corrected chi connectivity index (χ4v) is 3.80. The highest BCUT2D eigenvalue weighted by molar-refractivity contribution is 5.96. The number of carbonyl (C=O) groups is 7. The number of benzene rings is 1. The highest BCUT2D eigenvalue weighted by atomic mass is 16.5. The zero-order valence-electron chi connectivity index (χ0n) is 24.8. The van der Waals surface area contributed by atoms with Gasteiger partial charge in [-0.2, -0.15) is 0 Å². The lowest BCUT2D eigenvalue weighted by molar-refractivity contribution is -0.145. The van der Waals surface area contributed by atoms with Gasteiger partial charge in [-0.3, -0.25) is 28.8 Å². The van der Waals surface area contributed by atoms with Gasteiger partial charge in [-0.15, -0.1) is 0 Å². The third kappa shape index (κ3) is 12.6. The molecule has 0 bridgehead atoms. The maximum absolute atomic E-state index is 13.5. The van der Waals surface area contributed by atoms with E-state index in [0.717, 1.165) is 7.11 Å². The largest absolute Gasteiger partial charge is 0.497 e. The van der Waals surface area contributed by atoms with Crippen LogP contribution in [0, 0.1) is 0 Å². The SMILES string of the molecule is COC(=O)[C@H](C)NC(=O)[C@@H](NC(=O)[C@H](Cc1ccc(OC)cc1)NC(=O)[C@H](CCC(=O)O)NC(=O)[C@@H](N)CC(N)=O)[C@@H](C)O. The first-order valence-electron chi connectivity index (χ1n) is 13.5. The minimum atomic E-state index is -1.57. The second kappa shape index (κ2) is 18.0. The van der Waals surface area contributed by atoms with Gasteiger partial charge in [0.2, 0.25) is 29.5 Å². The quantitative estimate of drug-likeness (QED) is 0.0751. The van der Waals surface area contributed by atoms with Gasteiger partial charge in [0.15, 0.2) is 0 Å². The third-order valence-corrected chi connectivity index (χ3v) is 6.25. The number of hydrogen-bond acceptors (Lipinski definition) is 11. The molecule has 0 aliphatic rings. The van der Waals surface area contributed by atoms with Gasteiger partial charge in [0.05, 0.1) is 32.8 Å². The predicted octanol–water partition coefficient (Wildman–Crippen LogP) is -3.18. The number of primary amides is 1. The van der Waals surface area contributed by atoms with Crippen molar-refractivity contribution in [1.29, 1.82) is 0 Å². The number of nitrogens with one attached hydrogen (secondary N) is 4. The van der Waals surface area contributed by atoms with Crippen LogP contribution in [0.1, 0.15) is 38.7 Å². The summed E-state index contributed by atoms with van der Waals surface area (Å²) in [6.45, 7) is 2.55. The Kier molecular flexibility index (Phi) is 15.3. The molecule has 1 aromatic carbocycles. The zero-order valence-corrected chi connectivity index (χ0v) is 24.8. The van der Waals surface area contributed by atoms with Gasteiger partial charge in [-0.25, -0.2) is 4.79 Å². The average molecular weight is 625 g/mol. The first-order valence-corrected chi connectivity index (χ1v) is 13.5. The van der Waals surface area contributed by atoms with Gasteiger partial charge in [-0.05, 0) is 38.0 Å². The molecule has 6 atom stereocenters. The van der Waals surface area contributed by atoms with E-state index in [2.05, 4.69) is 26.0 Å². The van der Waals surface area contributed by atoms with Crippen LogP contribution in [0.3, 0.4) is 0 Å². The number of carbonyl (C=O) groups excluding carboxylic acids is 6. The van der Waals surface area contributed by atoms with Crippen molar-refractivity contribution < 1.29 is 53.2 Å². The summed E-state index contributed by atoms with van der Waals surface area (Å²) in [4.78, 5) is 86.2. The minimum Gasteiger partial charge on any atom is -0.497 e. The maximum Gasteiger partial charge on any atom is 0.328 e. The highest BCUT2D eigenvalue weighted by Gasteiger charge is 2.33. The number of esters is 1. The molecule has 1 rings (SSSR count). The Hall–Kier alpha value is -4.77. The van der Waals surface area contributed by atoms with Crippen molar-refractivity contribution in [2.45, 2.75) is 75.8 Å². The second-order valence-corrected chi connectivity index (χ2v) is 9.86. The summed E-state index contributed by atoms with van der Waals surface area (Å²) >= 11 is 0. The molecule has 244 valence electrons. The molecule has 0 heterocycles. The van der Waals surface area contributed by atoms with Crippen LogP contribution in [-0.4, -0.2) is 102 Å². The smallest absolute Gasteiger partial charge is 0.328 e. The van der Waals surface area contributed by atoms with Crippen molar-refractivity contribution >= 4 is 41.5 Å². The Morgan fingerprint density at radius 2 is 1.41 bits per heavy atom. The van der Waals surface area contributed by atoms with Gasteiger partial charge in [0, 0.05) is 12.8 Å². The Morgan fingerprint density at radius 3 is 1.91 bits per heavy atom. The number of rotatable bonds is 18. The van der Waals surface area contributed by atoms with E-state index < -0.39 is 97.1 Å². The molecule has 17 heteroatoms. The summed E-state index contributed by atoms with van der Waals surface area (Å²) in [7, 11) is 2.57. The van der Waals surface area contributed by atoms with Crippen LogP contribution < -0.4 is 37.5 Å². The van der Waals surface area contributed by atoms with Crippen LogP contribution in [-0.2, 0) is 44.7 Å². The molecule has 0 radical (unpaired) electrons. The number of carboxylic acids is 1. The molecule has 1 aromatic rings. The van der Waals surface area contributed by atoms with Gasteiger partial charge in [0.25, 0.3) is 0 Å². The lowest BCUT2D eigenvalue weighted by atomic mass is 10.0. The number of aliphatic hydroxyl groups is 1. The molecule has 0 aromatic heterocycles. The van der Waals surface area contributed by atoms with Gasteiger partial charge < -0.3 is 52.4 Å². The molecule has 0 spiro atoms. The number of methoxy groups -OCH3 is 2. The van der Waals surface area contributed by atoms with Crippen molar-refractivity contribution in [1.82, 2.24) is 21.3 Å². The predicted molar refractivity (Wildman–Crippen MR) is 152 cm³/mol. The second-order valence-electron chi connectivity index (χ2n) is 9.86. The summed E-state index contributed by atoms with van der Waals surface area (Å²) < 4.78 is 9.68. The molecule has 0 saturated carbocycles. The Morgan fingerprint density at radius 1 is 0.841 bits per heavy atom. The molecule has 0 saturated heterocycles. The van der Waals surface area contributed by atoms with E-state index in [-0.39, 0.29) is 6.42 Å². The van der Waals surface area contributed by atoms with Crippen LogP contribution in [0.2, 0.25) is 0 Å². The van der Waals surface area contributed by atoms with E-state index in [4.69, 9.17) is 21.3 Å². The fourth-order valence-electron chi connectivity index (χ4n) is 3.80. The van der Waals surface area contributed by atoms with Crippen molar-refractivity contribution in [2.75, 3.05) is 14.2 Å². The van der Waals surface area contributed by atoms with E-state index in [1.807, 2.05) is 0 Å². The van der Waals surface area contributed by atoms with Crippen molar-refractivity contribution in [2.24, 2.45) is 11.5 Å². The molecule has 44 heavy (non-hydrogen) atoms. The van der Waals surface area contributed by atoms with E-state index in [1.165, 1.54) is 21.0 Å². The van der Waals surface area contributed by atoms with E-state index >= 15 is 0 Å². The van der Waals surface area contributed by atoms with Crippen LogP contribution in [0.15, 0.2) is 24.3 Å². The Balaban J connectivity index is 3.31. The van der Waals surface area contributed by atoms with Gasteiger partial charge in [-0.1, -0.05) is 12.1 Å². The number of nitrogens with two attached hydrogens (primary N) is 2. The normalized spacial score (nSPS) is 14.8. The number of amides is 5. The molecular formula is C27H40N6O11. The lowest BCUT2D eigenvalue weighted by Gasteiger charge is -2.27. The number of aliphatic carboxylic acids is 1. The maximum atomic E-state index is 13.5. The first-order chi connectivity index (χ1) is 20.6. The van der Waals surface area contributed by atoms with Crippen molar-refractivity contribution in [3.8, 4) is 5.75 Å². The molecule has 0 unspecified atom stereocenters. The number of hydrogen-bond donors (Lipinski definition) is 8. The van der Waals surface area contributed by atoms with Crippen LogP contribution in [0.25, 0.3) is 0 Å². The first kappa shape index (κ1) is 37.3. The van der Waals surface area contributed by atoms with Crippen LogP contribution in [0.5, 0.6) is 5.75 Å². The minimum absolute atomic E-state index is 0.158. The number of ether oxygens (including phenoxy) is 2. The summed E-state index contributed by atoms with van der Waals surface area (Å²) in [6.07, 6.45) is -3.11. The van der Waals surface area contributed by atoms with E-state index in [0.29, 0.717) is 11.3 Å². The Bertz CT molecular complexity index is 1190. The molecule has 0 aliphatic carbocycles. The van der Waals surface area contributed by atoms with Crippen LogP contribution in [0.4, 0.5) is 0 Å². The lowest BCUT2D eigenvalue weighted by Crippen LogP contribution is -2.60.